The van der Waals surface area contributed by atoms with E-state index >= 15 is 0 Å². The number of aliphatic carboxylic acids is 1. The van der Waals surface area contributed by atoms with Crippen molar-refractivity contribution in [2.45, 2.75) is 17.9 Å². The average molecular weight is 410 g/mol. The number of ether oxygens (including phenoxy) is 2. The molecule has 0 saturated carbocycles. The van der Waals surface area contributed by atoms with Gasteiger partial charge in [0.1, 0.15) is 6.61 Å². The van der Waals surface area contributed by atoms with Crippen molar-refractivity contribution in [3.05, 3.63) is 59.7 Å². The number of carbonyl (C=O) groups excluding carboxylic acids is 1. The number of benzene rings is 2. The first-order valence-corrected chi connectivity index (χ1v) is 10.1. The fourth-order valence-electron chi connectivity index (χ4n) is 4.29. The number of methoxy groups -OCH3 is 1. The van der Waals surface area contributed by atoms with Gasteiger partial charge in [-0.2, -0.15) is 0 Å². The number of hydrogen-bond acceptors (Lipinski definition) is 5. The minimum absolute atomic E-state index is 0.0148. The maximum atomic E-state index is 12.6. The van der Waals surface area contributed by atoms with E-state index < -0.39 is 17.6 Å². The molecule has 2 aliphatic rings. The summed E-state index contributed by atoms with van der Waals surface area (Å²) in [4.78, 5) is 25.7. The maximum Gasteiger partial charge on any atom is 0.409 e. The van der Waals surface area contributed by atoms with Crippen molar-refractivity contribution in [1.82, 2.24) is 10.2 Å². The van der Waals surface area contributed by atoms with Crippen LogP contribution in [-0.2, 0) is 14.3 Å². The van der Waals surface area contributed by atoms with Crippen LogP contribution >= 0.6 is 0 Å². The van der Waals surface area contributed by atoms with E-state index in [-0.39, 0.29) is 25.6 Å². The highest BCUT2D eigenvalue weighted by Gasteiger charge is 2.51. The van der Waals surface area contributed by atoms with E-state index in [1.165, 1.54) is 16.0 Å². The molecule has 1 saturated heterocycles. The Hall–Kier alpha value is -2.90. The number of fused-ring (bicyclic) bond motifs is 3. The van der Waals surface area contributed by atoms with Crippen molar-refractivity contribution < 1.29 is 24.2 Å². The molecule has 0 bridgehead atoms. The van der Waals surface area contributed by atoms with Gasteiger partial charge in [-0.3, -0.25) is 10.1 Å². The highest BCUT2D eigenvalue weighted by molar-refractivity contribution is 5.84. The minimum atomic E-state index is -1.11. The lowest BCUT2D eigenvalue weighted by Gasteiger charge is -2.46. The third-order valence-electron chi connectivity index (χ3n) is 5.91. The largest absolute Gasteiger partial charge is 0.480 e. The fraction of sp³-hybridized carbons (Fsp3) is 0.391. The molecule has 1 aliphatic heterocycles. The quantitative estimate of drug-likeness (QED) is 0.651. The van der Waals surface area contributed by atoms with E-state index in [9.17, 15) is 14.7 Å². The van der Waals surface area contributed by atoms with E-state index in [4.69, 9.17) is 9.47 Å². The van der Waals surface area contributed by atoms with E-state index in [0.717, 1.165) is 11.1 Å². The minimum Gasteiger partial charge on any atom is -0.480 e. The molecule has 2 aromatic rings. The lowest BCUT2D eigenvalue weighted by atomic mass is 9.90. The van der Waals surface area contributed by atoms with Crippen LogP contribution in [0.25, 0.3) is 11.1 Å². The van der Waals surface area contributed by atoms with Crippen LogP contribution < -0.4 is 5.32 Å². The van der Waals surface area contributed by atoms with Gasteiger partial charge in [-0.25, -0.2) is 4.79 Å². The highest BCUT2D eigenvalue weighted by Crippen LogP contribution is 2.44. The number of nitrogens with one attached hydrogen (secondary N) is 1. The van der Waals surface area contributed by atoms with Gasteiger partial charge < -0.3 is 19.5 Å². The Labute approximate surface area is 175 Å². The highest BCUT2D eigenvalue weighted by atomic mass is 16.6. The number of hydrogen-bond donors (Lipinski definition) is 2. The summed E-state index contributed by atoms with van der Waals surface area (Å²) < 4.78 is 10.6. The van der Waals surface area contributed by atoms with Crippen molar-refractivity contribution in [2.24, 2.45) is 0 Å². The van der Waals surface area contributed by atoms with Gasteiger partial charge in [-0.1, -0.05) is 48.5 Å². The summed E-state index contributed by atoms with van der Waals surface area (Å²) in [6, 6.07) is 16.3. The van der Waals surface area contributed by atoms with Gasteiger partial charge in [0.05, 0.1) is 13.1 Å². The number of carboxylic acids is 1. The Kier molecular flexibility index (Phi) is 5.74. The van der Waals surface area contributed by atoms with Crippen molar-refractivity contribution >= 4 is 12.1 Å². The summed E-state index contributed by atoms with van der Waals surface area (Å²) in [5.41, 5.74) is 3.52. The Morgan fingerprint density at radius 3 is 2.27 bits per heavy atom. The fourth-order valence-corrected chi connectivity index (χ4v) is 4.29. The molecule has 4 rings (SSSR count). The van der Waals surface area contributed by atoms with E-state index in [0.29, 0.717) is 19.6 Å². The van der Waals surface area contributed by atoms with Crippen LogP contribution in [0.3, 0.4) is 0 Å². The van der Waals surface area contributed by atoms with Crippen molar-refractivity contribution in [1.29, 1.82) is 0 Å². The second kappa shape index (κ2) is 8.45. The molecule has 0 unspecified atom stereocenters. The van der Waals surface area contributed by atoms with Crippen LogP contribution in [0.4, 0.5) is 4.79 Å². The molecule has 158 valence electrons. The maximum absolute atomic E-state index is 12.6. The third-order valence-corrected chi connectivity index (χ3v) is 5.91. The van der Waals surface area contributed by atoms with Crippen LogP contribution in [0.15, 0.2) is 48.5 Å². The predicted octanol–water partition coefficient (Wildman–Crippen LogP) is 2.70. The molecule has 1 heterocycles. The molecular formula is C23H26N2O5. The predicted molar refractivity (Wildman–Crippen MR) is 112 cm³/mol. The van der Waals surface area contributed by atoms with Crippen LogP contribution in [0, 0.1) is 0 Å². The number of carbonyl (C=O) groups is 2. The van der Waals surface area contributed by atoms with Gasteiger partial charge in [-0.05, 0) is 35.2 Å². The van der Waals surface area contributed by atoms with Crippen LogP contribution in [0.5, 0.6) is 0 Å². The zero-order valence-corrected chi connectivity index (χ0v) is 17.0. The molecule has 0 aromatic heterocycles. The van der Waals surface area contributed by atoms with E-state index in [1.54, 1.807) is 7.11 Å². The number of likely N-dealkylation sites (tertiary alicyclic amines) is 1. The van der Waals surface area contributed by atoms with Crippen LogP contribution in [0.1, 0.15) is 23.5 Å². The summed E-state index contributed by atoms with van der Waals surface area (Å²) in [6.07, 6.45) is 0.226. The molecule has 7 heteroatoms. The number of nitrogens with zero attached hydrogens (tertiary/aromatic N) is 1. The lowest BCUT2D eigenvalue weighted by Crippen LogP contribution is -2.74. The molecule has 1 aliphatic carbocycles. The summed E-state index contributed by atoms with van der Waals surface area (Å²) >= 11 is 0. The molecule has 2 aromatic carbocycles. The van der Waals surface area contributed by atoms with Crippen molar-refractivity contribution in [3.63, 3.8) is 0 Å². The zero-order valence-electron chi connectivity index (χ0n) is 17.0. The van der Waals surface area contributed by atoms with E-state index in [1.807, 2.05) is 24.3 Å². The Morgan fingerprint density at radius 1 is 1.10 bits per heavy atom. The van der Waals surface area contributed by atoms with Crippen LogP contribution in [-0.4, -0.2) is 67.6 Å². The summed E-state index contributed by atoms with van der Waals surface area (Å²) in [7, 11) is 1.61. The second-order valence-corrected chi connectivity index (χ2v) is 7.82. The summed E-state index contributed by atoms with van der Waals surface area (Å²) in [5.74, 6) is -0.971. The van der Waals surface area contributed by atoms with Gasteiger partial charge in [0, 0.05) is 19.6 Å². The zero-order chi connectivity index (χ0) is 21.1. The number of amides is 1. The molecule has 2 N–H and O–H groups in total. The first-order chi connectivity index (χ1) is 14.6. The summed E-state index contributed by atoms with van der Waals surface area (Å²) in [6.45, 7) is 1.47. The SMILES string of the molecule is COCCCNC1(C(=O)O)CN(C(=O)OCC2c3ccccc3-c3ccccc32)C1. The molecule has 0 spiro atoms. The van der Waals surface area contributed by atoms with Gasteiger partial charge >= 0.3 is 12.1 Å². The molecule has 1 amide bonds. The van der Waals surface area contributed by atoms with Gasteiger partial charge in [0.2, 0.25) is 0 Å². The average Bonchev–Trinajstić information content (AvgIpc) is 3.04. The molecule has 30 heavy (non-hydrogen) atoms. The van der Waals surface area contributed by atoms with Crippen molar-refractivity contribution in [2.75, 3.05) is 40.0 Å². The molecule has 0 radical (unpaired) electrons. The number of rotatable bonds is 8. The molecule has 1 fully saturated rings. The topological polar surface area (TPSA) is 88.1 Å². The summed E-state index contributed by atoms with van der Waals surface area (Å²) in [5, 5.41) is 12.6. The molecule has 0 atom stereocenters. The Morgan fingerprint density at radius 2 is 1.70 bits per heavy atom. The van der Waals surface area contributed by atoms with Gasteiger partial charge in [0.15, 0.2) is 5.54 Å². The molecular weight excluding hydrogens is 384 g/mol. The van der Waals surface area contributed by atoms with Gasteiger partial charge in [-0.15, -0.1) is 0 Å². The van der Waals surface area contributed by atoms with Crippen molar-refractivity contribution in [3.8, 4) is 11.1 Å². The van der Waals surface area contributed by atoms with Gasteiger partial charge in [0.25, 0.3) is 0 Å². The Bertz CT molecular complexity index is 893. The lowest BCUT2D eigenvalue weighted by molar-refractivity contribution is -0.151. The number of carboxylic acid groups (broad SMARTS) is 1. The Balaban J connectivity index is 1.36. The van der Waals surface area contributed by atoms with Crippen LogP contribution in [0.2, 0.25) is 0 Å². The smallest absolute Gasteiger partial charge is 0.409 e. The molecule has 7 nitrogen and oxygen atoms in total. The van der Waals surface area contributed by atoms with E-state index in [2.05, 4.69) is 29.6 Å². The first kappa shape index (κ1) is 20.4. The normalized spacial score (nSPS) is 16.5. The monoisotopic (exact) mass is 410 g/mol. The first-order valence-electron chi connectivity index (χ1n) is 10.1. The second-order valence-electron chi connectivity index (χ2n) is 7.82. The third kappa shape index (κ3) is 3.66. The standard InChI is InChI=1S/C23H26N2O5/c1-29-12-6-11-24-23(21(26)27)14-25(15-23)22(28)30-13-20-18-9-4-2-7-16(18)17-8-3-5-10-19(17)20/h2-5,7-10,20,24H,6,11-15H2,1H3,(H,26,27).